The van der Waals surface area contributed by atoms with Crippen LogP contribution in [0.1, 0.15) is 62.6 Å². The number of carboxylic acids is 1. The van der Waals surface area contributed by atoms with Gasteiger partial charge in [-0.25, -0.2) is 17.1 Å². The molecule has 1 fully saturated rings. The summed E-state index contributed by atoms with van der Waals surface area (Å²) in [5.41, 5.74) is 1.28. The van der Waals surface area contributed by atoms with E-state index in [0.29, 0.717) is 49.5 Å². The number of hydrogen-bond acceptors (Lipinski definition) is 7. The number of unbranched alkanes of at least 4 members (excludes halogenated alkanes) is 2. The van der Waals surface area contributed by atoms with Crippen molar-refractivity contribution in [3.63, 3.8) is 0 Å². The predicted octanol–water partition coefficient (Wildman–Crippen LogP) is 5.06. The molecular formula is C29H40ClFN2O7S. The first-order chi connectivity index (χ1) is 19.2. The molecule has 2 aromatic rings. The van der Waals surface area contributed by atoms with Crippen LogP contribution < -0.4 is 14.2 Å². The third-order valence-electron chi connectivity index (χ3n) is 7.73. The molecule has 9 nitrogen and oxygen atoms in total. The van der Waals surface area contributed by atoms with Crippen molar-refractivity contribution in [1.82, 2.24) is 9.21 Å². The number of hydrogen-bond donors (Lipinski definition) is 1. The Kier molecular flexibility index (Phi) is 11.7. The minimum absolute atomic E-state index is 0. The van der Waals surface area contributed by atoms with Gasteiger partial charge in [0.1, 0.15) is 0 Å². The van der Waals surface area contributed by atoms with E-state index in [0.717, 1.165) is 18.4 Å². The van der Waals surface area contributed by atoms with E-state index in [9.17, 15) is 22.7 Å². The summed E-state index contributed by atoms with van der Waals surface area (Å²) in [5, 5.41) is 10.5. The molecule has 2 aliphatic heterocycles. The lowest BCUT2D eigenvalue weighted by Crippen LogP contribution is -2.40. The highest BCUT2D eigenvalue weighted by molar-refractivity contribution is 7.89. The fraction of sp³-hybridized carbons (Fsp3) is 0.552. The normalized spacial score (nSPS) is 20.3. The average molecular weight is 615 g/mol. The number of nitrogens with zero attached hydrogens (tertiary/aromatic N) is 2. The lowest BCUT2D eigenvalue weighted by molar-refractivity contribution is -0.143. The molecule has 2 heterocycles. The van der Waals surface area contributed by atoms with Crippen molar-refractivity contribution in [2.45, 2.75) is 51.5 Å². The summed E-state index contributed by atoms with van der Waals surface area (Å²) in [6.07, 6.45) is 3.03. The van der Waals surface area contributed by atoms with Gasteiger partial charge in [-0.3, -0.25) is 9.69 Å². The number of ether oxygens (including phenoxy) is 3. The molecule has 2 aromatic carbocycles. The van der Waals surface area contributed by atoms with Crippen LogP contribution in [0, 0.1) is 11.7 Å². The molecule has 1 saturated heterocycles. The molecule has 41 heavy (non-hydrogen) atoms. The second-order valence-corrected chi connectivity index (χ2v) is 12.4. The number of likely N-dealkylation sites (tertiary alicyclic amines) is 1. The molecule has 0 aromatic heterocycles. The Morgan fingerprint density at radius 2 is 1.80 bits per heavy atom. The Balaban J connectivity index is 0.00000462. The summed E-state index contributed by atoms with van der Waals surface area (Å²) < 4.78 is 58.7. The monoisotopic (exact) mass is 614 g/mol. The number of methoxy groups -OCH3 is 1. The highest BCUT2D eigenvalue weighted by Crippen LogP contribution is 2.48. The summed E-state index contributed by atoms with van der Waals surface area (Å²) in [6, 6.07) is 9.23. The standard InChI is InChI=1S/C29H39FN2O7S.ClH/c1-4-6-7-15-40(35,36)32(12-5-2)14-13-31-18-22(20-8-11-25-26(17-20)39-19-38-25)27(29(33)34)28(31)21-9-10-24(37-3)23(30)16-21;/h8-11,16-17,22,27-28H,4-7,12-15,18-19H2,1-3H3,(H,33,34);1H/t22-,27-,28+;/m1./s1. The maximum Gasteiger partial charge on any atom is 0.309 e. The number of sulfonamides is 1. The van der Waals surface area contributed by atoms with E-state index >= 15 is 0 Å². The second kappa shape index (κ2) is 14.5. The van der Waals surface area contributed by atoms with Gasteiger partial charge in [-0.05, 0) is 48.2 Å². The van der Waals surface area contributed by atoms with Gasteiger partial charge in [0.25, 0.3) is 0 Å². The summed E-state index contributed by atoms with van der Waals surface area (Å²) in [6.45, 7) is 5.33. The molecule has 12 heteroatoms. The van der Waals surface area contributed by atoms with Gasteiger partial charge in [0.2, 0.25) is 16.8 Å². The summed E-state index contributed by atoms with van der Waals surface area (Å²) in [5.74, 6) is -1.63. The highest BCUT2D eigenvalue weighted by atomic mass is 35.5. The molecule has 3 atom stereocenters. The van der Waals surface area contributed by atoms with Crippen LogP contribution in [0.25, 0.3) is 0 Å². The molecule has 2 aliphatic rings. The molecule has 0 unspecified atom stereocenters. The lowest BCUT2D eigenvalue weighted by atomic mass is 9.82. The second-order valence-electron chi connectivity index (χ2n) is 10.3. The van der Waals surface area contributed by atoms with Crippen LogP contribution in [0.2, 0.25) is 0 Å². The van der Waals surface area contributed by atoms with Crippen LogP contribution in [0.4, 0.5) is 4.39 Å². The predicted molar refractivity (Wildman–Crippen MR) is 156 cm³/mol. The minimum atomic E-state index is -3.47. The zero-order chi connectivity index (χ0) is 28.9. The zero-order valence-corrected chi connectivity index (χ0v) is 25.4. The minimum Gasteiger partial charge on any atom is -0.494 e. The topological polar surface area (TPSA) is 106 Å². The molecule has 0 bridgehead atoms. The number of aliphatic carboxylic acids is 1. The van der Waals surface area contributed by atoms with Crippen molar-refractivity contribution in [3.8, 4) is 17.2 Å². The molecule has 0 saturated carbocycles. The van der Waals surface area contributed by atoms with Gasteiger partial charge < -0.3 is 19.3 Å². The number of rotatable bonds is 14. The largest absolute Gasteiger partial charge is 0.494 e. The summed E-state index contributed by atoms with van der Waals surface area (Å²) >= 11 is 0. The van der Waals surface area contributed by atoms with E-state index in [2.05, 4.69) is 0 Å². The van der Waals surface area contributed by atoms with Gasteiger partial charge in [-0.15, -0.1) is 12.4 Å². The quantitative estimate of drug-likeness (QED) is 0.295. The number of carbonyl (C=O) groups is 1. The lowest BCUT2D eigenvalue weighted by Gasteiger charge is -2.30. The number of carboxylic acid groups (broad SMARTS) is 1. The Morgan fingerprint density at radius 3 is 2.46 bits per heavy atom. The van der Waals surface area contributed by atoms with Crippen LogP contribution in [0.15, 0.2) is 36.4 Å². The van der Waals surface area contributed by atoms with E-state index in [1.54, 1.807) is 18.2 Å². The third kappa shape index (κ3) is 7.43. The van der Waals surface area contributed by atoms with Gasteiger partial charge in [0.05, 0.1) is 18.8 Å². The van der Waals surface area contributed by atoms with Gasteiger partial charge in [-0.1, -0.05) is 38.8 Å². The summed E-state index contributed by atoms with van der Waals surface area (Å²) in [4.78, 5) is 14.8. The molecule has 0 radical (unpaired) electrons. The summed E-state index contributed by atoms with van der Waals surface area (Å²) in [7, 11) is -2.09. The molecule has 4 rings (SSSR count). The van der Waals surface area contributed by atoms with Crippen molar-refractivity contribution in [2.75, 3.05) is 45.8 Å². The number of benzene rings is 2. The molecule has 1 N–H and O–H groups in total. The van der Waals surface area contributed by atoms with Gasteiger partial charge >= 0.3 is 5.97 Å². The SMILES string of the molecule is CCCCCS(=O)(=O)N(CCC)CCN1C[C@H](c2ccc3c(c2)OCO3)[C@@H](C(=O)O)[C@@H]1c1ccc(OC)c(F)c1.Cl. The number of fused-ring (bicyclic) bond motifs is 1. The van der Waals surface area contributed by atoms with E-state index < -0.39 is 39.7 Å². The number of halogens is 2. The van der Waals surface area contributed by atoms with E-state index in [1.165, 1.54) is 23.5 Å². The van der Waals surface area contributed by atoms with Gasteiger partial charge in [0.15, 0.2) is 23.1 Å². The van der Waals surface area contributed by atoms with Gasteiger partial charge in [0, 0.05) is 38.1 Å². The Bertz CT molecular complexity index is 1300. The van der Waals surface area contributed by atoms with Crippen molar-refractivity contribution < 1.29 is 36.9 Å². The Morgan fingerprint density at radius 1 is 1.07 bits per heavy atom. The highest BCUT2D eigenvalue weighted by Gasteiger charge is 2.48. The maximum absolute atomic E-state index is 14.8. The van der Waals surface area contributed by atoms with Crippen molar-refractivity contribution in [3.05, 3.63) is 53.3 Å². The van der Waals surface area contributed by atoms with Crippen LogP contribution in [-0.4, -0.2) is 74.5 Å². The first-order valence-electron chi connectivity index (χ1n) is 13.9. The molecular weight excluding hydrogens is 575 g/mol. The fourth-order valence-corrected chi connectivity index (χ4v) is 7.40. The van der Waals surface area contributed by atoms with Gasteiger partial charge in [-0.2, -0.15) is 0 Å². The maximum atomic E-state index is 14.8. The van der Waals surface area contributed by atoms with Crippen molar-refractivity contribution >= 4 is 28.4 Å². The third-order valence-corrected chi connectivity index (χ3v) is 9.69. The van der Waals surface area contributed by atoms with Crippen LogP contribution in [-0.2, 0) is 14.8 Å². The Hall–Kier alpha value is -2.60. The Labute approximate surface area is 248 Å². The zero-order valence-electron chi connectivity index (χ0n) is 23.8. The first kappa shape index (κ1) is 32.9. The smallest absolute Gasteiger partial charge is 0.309 e. The molecule has 0 aliphatic carbocycles. The molecule has 0 amide bonds. The van der Waals surface area contributed by atoms with Crippen LogP contribution in [0.3, 0.4) is 0 Å². The average Bonchev–Trinajstić information content (AvgIpc) is 3.55. The van der Waals surface area contributed by atoms with E-state index in [4.69, 9.17) is 14.2 Å². The van der Waals surface area contributed by atoms with Crippen LogP contribution in [0.5, 0.6) is 17.2 Å². The van der Waals surface area contributed by atoms with E-state index in [1.807, 2.05) is 24.8 Å². The van der Waals surface area contributed by atoms with Crippen LogP contribution >= 0.6 is 12.4 Å². The van der Waals surface area contributed by atoms with Crippen molar-refractivity contribution in [2.24, 2.45) is 5.92 Å². The van der Waals surface area contributed by atoms with E-state index in [-0.39, 0.29) is 37.2 Å². The molecule has 0 spiro atoms. The first-order valence-corrected chi connectivity index (χ1v) is 15.5. The fourth-order valence-electron chi connectivity index (χ4n) is 5.75. The molecule has 228 valence electrons. The van der Waals surface area contributed by atoms with Crippen molar-refractivity contribution in [1.29, 1.82) is 0 Å².